The fraction of sp³-hybridized carbons (Fsp3) is 0.333. The summed E-state index contributed by atoms with van der Waals surface area (Å²) in [4.78, 5) is 4.18. The van der Waals surface area contributed by atoms with Gasteiger partial charge in [-0.25, -0.2) is 14.1 Å². The van der Waals surface area contributed by atoms with Crippen LogP contribution in [0.3, 0.4) is 0 Å². The number of nitrogens with zero attached hydrogens (tertiary/aromatic N) is 3. The lowest BCUT2D eigenvalue weighted by atomic mass is 10.1. The smallest absolute Gasteiger partial charge is 0.147 e. The number of benzene rings is 1. The minimum absolute atomic E-state index is 0.203. The first-order valence-electron chi connectivity index (χ1n) is 5.46. The van der Waals surface area contributed by atoms with E-state index >= 15 is 0 Å². The highest BCUT2D eigenvalue weighted by Crippen LogP contribution is 2.14. The number of hydrogen-bond donors (Lipinski definition) is 1. The van der Waals surface area contributed by atoms with Crippen molar-refractivity contribution in [1.82, 2.24) is 14.8 Å². The summed E-state index contributed by atoms with van der Waals surface area (Å²) in [6.45, 7) is 4.25. The molecule has 0 spiro atoms. The van der Waals surface area contributed by atoms with Gasteiger partial charge in [0.05, 0.1) is 6.54 Å². The van der Waals surface area contributed by atoms with Gasteiger partial charge in [0, 0.05) is 17.7 Å². The molecule has 0 bridgehead atoms. The monoisotopic (exact) mass is 234 g/mol. The van der Waals surface area contributed by atoms with Crippen LogP contribution in [0.5, 0.6) is 0 Å². The number of aromatic nitrogens is 3. The molecule has 1 aromatic heterocycles. The molecule has 0 radical (unpaired) electrons. The van der Waals surface area contributed by atoms with Gasteiger partial charge in [-0.05, 0) is 13.8 Å². The predicted molar refractivity (Wildman–Crippen MR) is 62.9 cm³/mol. The third kappa shape index (κ3) is 2.34. The summed E-state index contributed by atoms with van der Waals surface area (Å²) in [5.41, 5.74) is 6.58. The van der Waals surface area contributed by atoms with E-state index in [9.17, 15) is 4.39 Å². The van der Waals surface area contributed by atoms with Crippen LogP contribution in [0, 0.1) is 19.7 Å². The first-order valence-corrected chi connectivity index (χ1v) is 5.46. The van der Waals surface area contributed by atoms with E-state index in [1.165, 1.54) is 0 Å². The van der Waals surface area contributed by atoms with Gasteiger partial charge >= 0.3 is 0 Å². The molecule has 2 N–H and O–H groups in total. The van der Waals surface area contributed by atoms with Crippen LogP contribution in [0.4, 0.5) is 4.39 Å². The van der Waals surface area contributed by atoms with Gasteiger partial charge in [0.15, 0.2) is 0 Å². The normalized spacial score (nSPS) is 10.8. The SMILES string of the molecule is Cc1nc(C)n(Cc2cccc(CN)c2F)n1. The summed E-state index contributed by atoms with van der Waals surface area (Å²) in [5, 5.41) is 4.21. The molecule has 0 unspecified atom stereocenters. The highest BCUT2D eigenvalue weighted by molar-refractivity contribution is 5.26. The summed E-state index contributed by atoms with van der Waals surface area (Å²) in [7, 11) is 0. The maximum Gasteiger partial charge on any atom is 0.147 e. The van der Waals surface area contributed by atoms with Crippen LogP contribution < -0.4 is 5.73 Å². The molecule has 2 aromatic rings. The van der Waals surface area contributed by atoms with Crippen molar-refractivity contribution < 1.29 is 4.39 Å². The molecule has 1 aromatic carbocycles. The van der Waals surface area contributed by atoms with Crippen molar-refractivity contribution in [2.75, 3.05) is 0 Å². The Hall–Kier alpha value is -1.75. The molecular formula is C12H15FN4. The minimum atomic E-state index is -0.248. The van der Waals surface area contributed by atoms with Crippen LogP contribution in [-0.2, 0) is 13.1 Å². The minimum Gasteiger partial charge on any atom is -0.326 e. The molecule has 0 amide bonds. The molecule has 2 rings (SSSR count). The molecule has 0 aliphatic heterocycles. The predicted octanol–water partition coefficient (Wildman–Crippen LogP) is 1.54. The topological polar surface area (TPSA) is 56.7 Å². The van der Waals surface area contributed by atoms with Gasteiger partial charge in [-0.15, -0.1) is 0 Å². The van der Waals surface area contributed by atoms with Crippen molar-refractivity contribution in [1.29, 1.82) is 0 Å². The second kappa shape index (κ2) is 4.63. The number of nitrogens with two attached hydrogens (primary N) is 1. The third-order valence-electron chi connectivity index (χ3n) is 2.66. The Kier molecular flexibility index (Phi) is 3.19. The van der Waals surface area contributed by atoms with Crippen molar-refractivity contribution in [2.24, 2.45) is 5.73 Å². The van der Waals surface area contributed by atoms with Crippen LogP contribution in [0.15, 0.2) is 18.2 Å². The molecule has 5 heteroatoms. The van der Waals surface area contributed by atoms with Crippen molar-refractivity contribution >= 4 is 0 Å². The zero-order chi connectivity index (χ0) is 12.4. The Morgan fingerprint density at radius 2 is 2.00 bits per heavy atom. The maximum atomic E-state index is 14.0. The standard InChI is InChI=1S/C12H15FN4/c1-8-15-9(2)17(16-8)7-11-5-3-4-10(6-14)12(11)13/h3-5H,6-7,14H2,1-2H3. The second-order valence-corrected chi connectivity index (χ2v) is 3.96. The Balaban J connectivity index is 2.33. The van der Waals surface area contributed by atoms with Crippen LogP contribution in [0.1, 0.15) is 22.8 Å². The lowest BCUT2D eigenvalue weighted by molar-refractivity contribution is 0.566. The van der Waals surface area contributed by atoms with E-state index < -0.39 is 0 Å². The third-order valence-corrected chi connectivity index (χ3v) is 2.66. The Morgan fingerprint density at radius 1 is 1.29 bits per heavy atom. The zero-order valence-electron chi connectivity index (χ0n) is 9.94. The lowest BCUT2D eigenvalue weighted by Crippen LogP contribution is -2.09. The highest BCUT2D eigenvalue weighted by atomic mass is 19.1. The molecule has 0 aliphatic rings. The summed E-state index contributed by atoms with van der Waals surface area (Å²) in [6.07, 6.45) is 0. The number of aryl methyl sites for hydroxylation is 2. The zero-order valence-corrected chi connectivity index (χ0v) is 9.94. The van der Waals surface area contributed by atoms with E-state index in [4.69, 9.17) is 5.73 Å². The molecule has 0 saturated carbocycles. The van der Waals surface area contributed by atoms with Crippen LogP contribution in [0.25, 0.3) is 0 Å². The average molecular weight is 234 g/mol. The lowest BCUT2D eigenvalue weighted by Gasteiger charge is -2.07. The number of hydrogen-bond acceptors (Lipinski definition) is 3. The van der Waals surface area contributed by atoms with Crippen molar-refractivity contribution in [2.45, 2.75) is 26.9 Å². The van der Waals surface area contributed by atoms with Gasteiger partial charge in [-0.2, -0.15) is 5.10 Å². The highest BCUT2D eigenvalue weighted by Gasteiger charge is 2.09. The van der Waals surface area contributed by atoms with Crippen LogP contribution in [0.2, 0.25) is 0 Å². The van der Waals surface area contributed by atoms with Crippen molar-refractivity contribution in [3.05, 3.63) is 46.8 Å². The number of rotatable bonds is 3. The molecule has 4 nitrogen and oxygen atoms in total. The van der Waals surface area contributed by atoms with Crippen LogP contribution >= 0.6 is 0 Å². The Bertz CT molecular complexity index is 533. The molecular weight excluding hydrogens is 219 g/mol. The van der Waals surface area contributed by atoms with Crippen molar-refractivity contribution in [3.63, 3.8) is 0 Å². The Labute approximate surface area is 99.3 Å². The van der Waals surface area contributed by atoms with Crippen LogP contribution in [-0.4, -0.2) is 14.8 Å². The van der Waals surface area contributed by atoms with Gasteiger partial charge in [-0.3, -0.25) is 0 Å². The molecule has 90 valence electrons. The molecule has 1 heterocycles. The summed E-state index contributed by atoms with van der Waals surface area (Å²) in [5.74, 6) is 1.22. The number of halogens is 1. The van der Waals surface area contributed by atoms with Crippen molar-refractivity contribution in [3.8, 4) is 0 Å². The van der Waals surface area contributed by atoms with Gasteiger partial charge < -0.3 is 5.73 Å². The Morgan fingerprint density at radius 3 is 2.59 bits per heavy atom. The van der Waals surface area contributed by atoms with E-state index in [0.29, 0.717) is 23.5 Å². The van der Waals surface area contributed by atoms with E-state index in [1.54, 1.807) is 22.9 Å². The first kappa shape index (κ1) is 11.7. The quantitative estimate of drug-likeness (QED) is 0.876. The fourth-order valence-corrected chi connectivity index (χ4v) is 1.79. The molecule has 0 saturated heterocycles. The first-order chi connectivity index (χ1) is 8.11. The summed E-state index contributed by atoms with van der Waals surface area (Å²) >= 11 is 0. The average Bonchev–Trinajstić information content (AvgIpc) is 2.60. The van der Waals surface area contributed by atoms with E-state index in [-0.39, 0.29) is 12.4 Å². The van der Waals surface area contributed by atoms with E-state index in [0.717, 1.165) is 5.82 Å². The molecule has 0 atom stereocenters. The largest absolute Gasteiger partial charge is 0.326 e. The molecule has 0 aliphatic carbocycles. The fourth-order valence-electron chi connectivity index (χ4n) is 1.79. The van der Waals surface area contributed by atoms with E-state index in [2.05, 4.69) is 10.1 Å². The second-order valence-electron chi connectivity index (χ2n) is 3.96. The summed E-state index contributed by atoms with van der Waals surface area (Å²) in [6, 6.07) is 5.24. The van der Waals surface area contributed by atoms with E-state index in [1.807, 2.05) is 13.8 Å². The summed E-state index contributed by atoms with van der Waals surface area (Å²) < 4.78 is 15.6. The van der Waals surface area contributed by atoms with Gasteiger partial charge in [-0.1, -0.05) is 18.2 Å². The maximum absolute atomic E-state index is 14.0. The molecule has 17 heavy (non-hydrogen) atoms. The molecule has 0 fully saturated rings. The van der Waals surface area contributed by atoms with Gasteiger partial charge in [0.1, 0.15) is 17.5 Å². The van der Waals surface area contributed by atoms with Gasteiger partial charge in [0.2, 0.25) is 0 Å². The van der Waals surface area contributed by atoms with Gasteiger partial charge in [0.25, 0.3) is 0 Å².